The summed E-state index contributed by atoms with van der Waals surface area (Å²) >= 11 is 0. The monoisotopic (exact) mass is 284 g/mol. The molecule has 0 aromatic heterocycles. The first-order chi connectivity index (χ1) is 9.31. The molecule has 0 aromatic rings. The van der Waals surface area contributed by atoms with Gasteiger partial charge in [-0.2, -0.15) is 0 Å². The number of hydrogen-bond donors (Lipinski definition) is 3. The van der Waals surface area contributed by atoms with Crippen LogP contribution in [0.15, 0.2) is 12.2 Å². The normalized spacial score (nSPS) is 15.3. The van der Waals surface area contributed by atoms with Gasteiger partial charge in [0.25, 0.3) is 11.8 Å². The highest BCUT2D eigenvalue weighted by molar-refractivity contribution is 6.14. The summed E-state index contributed by atoms with van der Waals surface area (Å²) in [5.41, 5.74) is 0. The van der Waals surface area contributed by atoms with E-state index in [1.807, 2.05) is 0 Å². The van der Waals surface area contributed by atoms with Crippen LogP contribution in [-0.4, -0.2) is 57.4 Å². The third-order valence-electron chi connectivity index (χ3n) is 2.48. The molecular formula is C11H12N2O7. The average Bonchev–Trinajstić information content (AvgIpc) is 2.65. The maximum atomic E-state index is 11.6. The molecule has 0 aromatic carbocycles. The van der Waals surface area contributed by atoms with Crippen molar-refractivity contribution >= 4 is 29.7 Å². The van der Waals surface area contributed by atoms with Crippen LogP contribution in [0.4, 0.5) is 0 Å². The second-order valence-electron chi connectivity index (χ2n) is 3.99. The molecule has 9 heteroatoms. The van der Waals surface area contributed by atoms with Crippen LogP contribution in [0.5, 0.6) is 0 Å². The van der Waals surface area contributed by atoms with Gasteiger partial charge in [-0.05, 0) is 6.42 Å². The summed E-state index contributed by atoms with van der Waals surface area (Å²) in [4.78, 5) is 55.8. The van der Waals surface area contributed by atoms with Gasteiger partial charge in [0.1, 0.15) is 12.6 Å². The molecule has 0 spiro atoms. The first-order valence-corrected chi connectivity index (χ1v) is 5.58. The van der Waals surface area contributed by atoms with E-state index in [9.17, 15) is 24.0 Å². The second kappa shape index (κ2) is 6.45. The number of carbonyl (C=O) groups is 5. The Morgan fingerprint density at radius 2 is 1.70 bits per heavy atom. The van der Waals surface area contributed by atoms with E-state index < -0.39 is 48.7 Å². The predicted octanol–water partition coefficient (Wildman–Crippen LogP) is -1.65. The van der Waals surface area contributed by atoms with E-state index in [2.05, 4.69) is 5.32 Å². The molecule has 1 rings (SSSR count). The minimum Gasteiger partial charge on any atom is -0.481 e. The lowest BCUT2D eigenvalue weighted by Crippen LogP contribution is -2.47. The highest BCUT2D eigenvalue weighted by Crippen LogP contribution is 2.03. The summed E-state index contributed by atoms with van der Waals surface area (Å²) in [6.07, 6.45) is 1.26. The van der Waals surface area contributed by atoms with Gasteiger partial charge >= 0.3 is 11.9 Å². The number of hydrogen-bond acceptors (Lipinski definition) is 5. The molecule has 20 heavy (non-hydrogen) atoms. The molecule has 9 nitrogen and oxygen atoms in total. The third kappa shape index (κ3) is 4.19. The fourth-order valence-electron chi connectivity index (χ4n) is 1.50. The van der Waals surface area contributed by atoms with Gasteiger partial charge in [0, 0.05) is 18.6 Å². The van der Waals surface area contributed by atoms with Crippen molar-refractivity contribution in [3.8, 4) is 0 Å². The van der Waals surface area contributed by atoms with Gasteiger partial charge in [-0.3, -0.25) is 24.1 Å². The van der Waals surface area contributed by atoms with E-state index in [1.165, 1.54) is 0 Å². The van der Waals surface area contributed by atoms with Crippen molar-refractivity contribution in [2.45, 2.75) is 18.9 Å². The molecule has 0 aliphatic carbocycles. The number of imide groups is 1. The Kier molecular flexibility index (Phi) is 4.95. The van der Waals surface area contributed by atoms with Crippen molar-refractivity contribution in [1.82, 2.24) is 10.2 Å². The number of carboxylic acids is 2. The Morgan fingerprint density at radius 3 is 2.15 bits per heavy atom. The first kappa shape index (κ1) is 15.3. The van der Waals surface area contributed by atoms with Crippen LogP contribution in [0.25, 0.3) is 0 Å². The van der Waals surface area contributed by atoms with Gasteiger partial charge in [0.05, 0.1) is 0 Å². The Morgan fingerprint density at radius 1 is 1.15 bits per heavy atom. The molecule has 3 N–H and O–H groups in total. The van der Waals surface area contributed by atoms with Gasteiger partial charge in [-0.15, -0.1) is 0 Å². The van der Waals surface area contributed by atoms with E-state index in [0.717, 1.165) is 12.2 Å². The first-order valence-electron chi connectivity index (χ1n) is 5.58. The molecule has 0 saturated heterocycles. The number of amides is 3. The maximum absolute atomic E-state index is 11.6. The minimum absolute atomic E-state index is 0.295. The van der Waals surface area contributed by atoms with Gasteiger partial charge < -0.3 is 15.5 Å². The van der Waals surface area contributed by atoms with Crippen molar-refractivity contribution in [1.29, 1.82) is 0 Å². The molecular weight excluding hydrogens is 272 g/mol. The van der Waals surface area contributed by atoms with E-state index in [0.29, 0.717) is 4.90 Å². The molecule has 1 unspecified atom stereocenters. The second-order valence-corrected chi connectivity index (χ2v) is 3.99. The van der Waals surface area contributed by atoms with E-state index >= 15 is 0 Å². The van der Waals surface area contributed by atoms with Crippen molar-refractivity contribution in [3.05, 3.63) is 12.2 Å². The fraction of sp³-hybridized carbons (Fsp3) is 0.364. The molecule has 3 amide bonds. The van der Waals surface area contributed by atoms with E-state index in [1.54, 1.807) is 0 Å². The molecule has 0 radical (unpaired) electrons. The number of carboxylic acid groups (broad SMARTS) is 2. The van der Waals surface area contributed by atoms with Crippen molar-refractivity contribution in [2.75, 3.05) is 6.54 Å². The molecule has 0 saturated carbocycles. The van der Waals surface area contributed by atoms with E-state index in [-0.39, 0.29) is 6.42 Å². The summed E-state index contributed by atoms with van der Waals surface area (Å²) in [7, 11) is 0. The molecule has 0 fully saturated rings. The largest absolute Gasteiger partial charge is 0.481 e. The Hall–Kier alpha value is -2.71. The topological polar surface area (TPSA) is 141 Å². The zero-order chi connectivity index (χ0) is 15.3. The molecule has 1 aliphatic heterocycles. The van der Waals surface area contributed by atoms with Crippen molar-refractivity contribution in [2.24, 2.45) is 0 Å². The van der Waals surface area contributed by atoms with Crippen molar-refractivity contribution in [3.63, 3.8) is 0 Å². The Labute approximate surface area is 112 Å². The van der Waals surface area contributed by atoms with Gasteiger partial charge in [0.2, 0.25) is 5.91 Å². The van der Waals surface area contributed by atoms with Crippen LogP contribution < -0.4 is 5.32 Å². The number of nitrogens with one attached hydrogen (secondary N) is 1. The lowest BCUT2D eigenvalue weighted by atomic mass is 10.1. The summed E-state index contributed by atoms with van der Waals surface area (Å²) in [6, 6.07) is -1.39. The SMILES string of the molecule is O=C(O)CCC(NC(=O)CN1C(=O)C=CC1=O)C(=O)O. The molecule has 1 atom stereocenters. The molecule has 0 bridgehead atoms. The minimum atomic E-state index is -1.39. The predicted molar refractivity (Wildman–Crippen MR) is 62.3 cm³/mol. The van der Waals surface area contributed by atoms with Gasteiger partial charge in [-0.25, -0.2) is 4.79 Å². The van der Waals surface area contributed by atoms with E-state index in [4.69, 9.17) is 10.2 Å². The lowest BCUT2D eigenvalue weighted by Gasteiger charge is -2.17. The van der Waals surface area contributed by atoms with Crippen LogP contribution >= 0.6 is 0 Å². The summed E-state index contributed by atoms with van der Waals surface area (Å²) in [5, 5.41) is 19.4. The maximum Gasteiger partial charge on any atom is 0.326 e. The molecule has 108 valence electrons. The molecule has 1 aliphatic rings. The fourth-order valence-corrected chi connectivity index (χ4v) is 1.50. The third-order valence-corrected chi connectivity index (χ3v) is 2.48. The van der Waals surface area contributed by atoms with Crippen LogP contribution in [-0.2, 0) is 24.0 Å². The van der Waals surface area contributed by atoms with Crippen LogP contribution in [0.3, 0.4) is 0 Å². The number of aliphatic carboxylic acids is 2. The number of carbonyl (C=O) groups excluding carboxylic acids is 3. The zero-order valence-corrected chi connectivity index (χ0v) is 10.2. The van der Waals surface area contributed by atoms with Gasteiger partial charge in [0.15, 0.2) is 0 Å². The average molecular weight is 284 g/mol. The Bertz CT molecular complexity index is 479. The smallest absolute Gasteiger partial charge is 0.326 e. The highest BCUT2D eigenvalue weighted by atomic mass is 16.4. The molecule has 1 heterocycles. The standard InChI is InChI=1S/C11H12N2O7/c14-7(5-13-8(15)2-3-9(13)16)12-6(11(19)20)1-4-10(17)18/h2-3,6H,1,4-5H2,(H,12,14)(H,17,18)(H,19,20). The van der Waals surface area contributed by atoms with Crippen LogP contribution in [0.2, 0.25) is 0 Å². The highest BCUT2D eigenvalue weighted by Gasteiger charge is 2.28. The summed E-state index contributed by atoms with van der Waals surface area (Å²) in [5.74, 6) is -4.77. The summed E-state index contributed by atoms with van der Waals surface area (Å²) in [6.45, 7) is -0.610. The summed E-state index contributed by atoms with van der Waals surface area (Å²) < 4.78 is 0. The van der Waals surface area contributed by atoms with Crippen LogP contribution in [0, 0.1) is 0 Å². The lowest BCUT2D eigenvalue weighted by molar-refractivity contribution is -0.144. The quantitative estimate of drug-likeness (QED) is 0.475. The van der Waals surface area contributed by atoms with Gasteiger partial charge in [-0.1, -0.05) is 0 Å². The Balaban J connectivity index is 2.54. The van der Waals surface area contributed by atoms with Crippen molar-refractivity contribution < 1.29 is 34.2 Å². The number of rotatable bonds is 7. The number of nitrogens with zero attached hydrogens (tertiary/aromatic N) is 1. The zero-order valence-electron chi connectivity index (χ0n) is 10.2. The van der Waals surface area contributed by atoms with Crippen LogP contribution in [0.1, 0.15) is 12.8 Å².